The van der Waals surface area contributed by atoms with E-state index in [0.717, 1.165) is 53.3 Å². The number of allylic oxidation sites excluding steroid dienone is 1. The van der Waals surface area contributed by atoms with E-state index in [0.29, 0.717) is 0 Å². The third kappa shape index (κ3) is 11.8. The topological polar surface area (TPSA) is 134 Å². The zero-order valence-corrected chi connectivity index (χ0v) is 41.2. The predicted octanol–water partition coefficient (Wildman–Crippen LogP) is 11.9. The van der Waals surface area contributed by atoms with Crippen LogP contribution >= 0.6 is 0 Å². The van der Waals surface area contributed by atoms with Gasteiger partial charge in [-0.3, -0.25) is 24.3 Å². The highest BCUT2D eigenvalue weighted by atomic mass is 16.5. The SMILES string of the molecule is CC(C)(C)c1cncc2c1C=CC2.CC(C)(C)c1cncc2c1COC2.CC(C)(C)c1cncc2ccnn12.CC(C)(C)c1cncn2ccnc12.CC(C)(C)c1onc2cccnc12. The Morgan fingerprint density at radius 1 is 0.585 bits per heavy atom. The average Bonchev–Trinajstić information content (AvgIpc) is 4.08. The Morgan fingerprint density at radius 2 is 1.25 bits per heavy atom. The molecule has 0 saturated carbocycles. The summed E-state index contributed by atoms with van der Waals surface area (Å²) in [6.07, 6.45) is 28.0. The van der Waals surface area contributed by atoms with Crippen molar-refractivity contribution in [3.8, 4) is 0 Å². The van der Waals surface area contributed by atoms with Crippen LogP contribution in [0, 0.1) is 0 Å². The second kappa shape index (κ2) is 19.1. The molecule has 0 fully saturated rings. The van der Waals surface area contributed by atoms with Crippen molar-refractivity contribution < 1.29 is 9.26 Å². The first-order valence-corrected chi connectivity index (χ1v) is 22.4. The molecule has 0 N–H and O–H groups in total. The first-order valence-electron chi connectivity index (χ1n) is 22.4. The number of rotatable bonds is 0. The molecule has 0 radical (unpaired) electrons. The van der Waals surface area contributed by atoms with Gasteiger partial charge in [-0.15, -0.1) is 0 Å². The molecule has 12 heteroatoms. The van der Waals surface area contributed by atoms with E-state index in [4.69, 9.17) is 9.26 Å². The Hall–Kier alpha value is -6.14. The summed E-state index contributed by atoms with van der Waals surface area (Å²) < 4.78 is 14.6. The van der Waals surface area contributed by atoms with E-state index >= 15 is 0 Å². The van der Waals surface area contributed by atoms with Gasteiger partial charge in [0.1, 0.15) is 23.0 Å². The lowest BCUT2D eigenvalue weighted by Crippen LogP contribution is -2.17. The summed E-state index contributed by atoms with van der Waals surface area (Å²) in [5, 5.41) is 8.21. The largest absolute Gasteiger partial charge is 0.372 e. The summed E-state index contributed by atoms with van der Waals surface area (Å²) in [6, 6.07) is 5.72. The van der Waals surface area contributed by atoms with E-state index in [9.17, 15) is 0 Å². The monoisotopic (exact) mass is 877 g/mol. The number of hydrogen-bond acceptors (Lipinski definition) is 10. The van der Waals surface area contributed by atoms with Crippen LogP contribution in [-0.4, -0.2) is 49.1 Å². The summed E-state index contributed by atoms with van der Waals surface area (Å²) in [5.74, 6) is 0.850. The normalized spacial score (nSPS) is 13.5. The van der Waals surface area contributed by atoms with E-state index in [1.54, 1.807) is 24.9 Å². The van der Waals surface area contributed by atoms with Gasteiger partial charge in [-0.25, -0.2) is 14.5 Å². The van der Waals surface area contributed by atoms with E-state index in [1.165, 1.54) is 38.9 Å². The van der Waals surface area contributed by atoms with Crippen LogP contribution < -0.4 is 0 Å². The summed E-state index contributed by atoms with van der Waals surface area (Å²) >= 11 is 0. The minimum Gasteiger partial charge on any atom is -0.372 e. The molecule has 2 aliphatic rings. The van der Waals surface area contributed by atoms with Crippen molar-refractivity contribution in [2.75, 3.05) is 0 Å². The van der Waals surface area contributed by atoms with Crippen molar-refractivity contribution in [3.05, 3.63) is 149 Å². The molecule has 8 aromatic rings. The number of nitrogens with zero attached hydrogens (tertiary/aromatic N) is 10. The molecule has 0 atom stereocenters. The highest BCUT2D eigenvalue weighted by molar-refractivity contribution is 5.76. The lowest BCUT2D eigenvalue weighted by atomic mass is 9.84. The van der Waals surface area contributed by atoms with Gasteiger partial charge < -0.3 is 9.26 Å². The number of ether oxygens (including phenoxy) is 1. The number of imidazole rings is 1. The molecule has 65 heavy (non-hydrogen) atoms. The van der Waals surface area contributed by atoms with Crippen molar-refractivity contribution in [2.24, 2.45) is 0 Å². The lowest BCUT2D eigenvalue weighted by Gasteiger charge is -2.21. The van der Waals surface area contributed by atoms with E-state index < -0.39 is 0 Å². The van der Waals surface area contributed by atoms with Crippen LogP contribution in [0.1, 0.15) is 154 Å². The Bertz CT molecular complexity index is 2770. The molecule has 0 saturated heterocycles. The van der Waals surface area contributed by atoms with Gasteiger partial charge in [-0.2, -0.15) is 5.10 Å². The van der Waals surface area contributed by atoms with Crippen LogP contribution in [0.4, 0.5) is 0 Å². The fraction of sp³-hybridized carbons (Fsp3) is 0.434. The molecule has 0 amide bonds. The fourth-order valence-corrected chi connectivity index (χ4v) is 7.53. The van der Waals surface area contributed by atoms with Crippen LogP contribution in [0.3, 0.4) is 0 Å². The molecular formula is C53H68N10O2. The van der Waals surface area contributed by atoms with Gasteiger partial charge in [-0.1, -0.05) is 121 Å². The lowest BCUT2D eigenvalue weighted by molar-refractivity contribution is 0.134. The number of fused-ring (bicyclic) bond motifs is 5. The minimum atomic E-state index is -0.0386. The molecule has 0 bridgehead atoms. The van der Waals surface area contributed by atoms with E-state index in [-0.39, 0.29) is 27.1 Å². The summed E-state index contributed by atoms with van der Waals surface area (Å²) in [5.41, 5.74) is 14.6. The van der Waals surface area contributed by atoms with Gasteiger partial charge >= 0.3 is 0 Å². The van der Waals surface area contributed by atoms with Crippen molar-refractivity contribution in [1.82, 2.24) is 49.1 Å². The molecular weight excluding hydrogens is 809 g/mol. The molecule has 1 aliphatic carbocycles. The minimum absolute atomic E-state index is 0.0386. The maximum absolute atomic E-state index is 5.41. The van der Waals surface area contributed by atoms with Crippen molar-refractivity contribution >= 4 is 28.3 Å². The number of aromatic nitrogens is 10. The average molecular weight is 877 g/mol. The van der Waals surface area contributed by atoms with Crippen molar-refractivity contribution in [1.29, 1.82) is 0 Å². The standard InChI is InChI=1S/C12H15N.C11H15NO.2C10H13N3.C10H12N2O/c1-12(2,3)11-8-13-7-9-5-4-6-10(9)11;1-11(2,3)10-5-12-4-8-6-13-7-9(8)10;1-10(2,3)8-6-11-7-13-5-4-12-9(8)13;1-10(2,3)9-7-11-6-8-4-5-12-13(8)9;1-10(2,3)9-8-7(12-13-9)5-4-6-11-8/h4,6-8H,5H2,1-3H3;4-5H,6-7H2,1-3H3;2*4-7H,1-3H3;4-6H,1-3H3. The van der Waals surface area contributed by atoms with Gasteiger partial charge in [0.2, 0.25) is 0 Å². The zero-order chi connectivity index (χ0) is 47.4. The second-order valence-electron chi connectivity index (χ2n) is 21.7. The Morgan fingerprint density at radius 3 is 1.92 bits per heavy atom. The molecule has 0 aromatic carbocycles. The first kappa shape index (κ1) is 48.3. The Kier molecular flexibility index (Phi) is 14.2. The Balaban J connectivity index is 0.000000135. The first-order chi connectivity index (χ1) is 30.4. The third-order valence-electron chi connectivity index (χ3n) is 11.1. The highest BCUT2D eigenvalue weighted by Gasteiger charge is 2.25. The van der Waals surface area contributed by atoms with Gasteiger partial charge in [0, 0.05) is 77.7 Å². The highest BCUT2D eigenvalue weighted by Crippen LogP contribution is 2.33. The van der Waals surface area contributed by atoms with Gasteiger partial charge in [-0.05, 0) is 68.7 Å². The molecule has 1 aliphatic heterocycles. The van der Waals surface area contributed by atoms with Crippen LogP contribution in [0.5, 0.6) is 0 Å². The third-order valence-corrected chi connectivity index (χ3v) is 11.1. The predicted molar refractivity (Wildman–Crippen MR) is 261 cm³/mol. The second-order valence-corrected chi connectivity index (χ2v) is 21.7. The molecule has 0 unspecified atom stereocenters. The summed E-state index contributed by atoms with van der Waals surface area (Å²) in [4.78, 5) is 25.5. The van der Waals surface area contributed by atoms with Gasteiger partial charge in [0.05, 0.1) is 36.8 Å². The maximum atomic E-state index is 5.41. The Labute approximate surface area is 385 Å². The molecule has 0 spiro atoms. The number of pyridine rings is 3. The number of hydrogen-bond donors (Lipinski definition) is 0. The molecule has 10 rings (SSSR count). The molecule has 12 nitrogen and oxygen atoms in total. The molecule has 342 valence electrons. The maximum Gasteiger partial charge on any atom is 0.168 e. The fourth-order valence-electron chi connectivity index (χ4n) is 7.53. The zero-order valence-electron chi connectivity index (χ0n) is 41.2. The summed E-state index contributed by atoms with van der Waals surface area (Å²) in [6.45, 7) is 34.0. The summed E-state index contributed by atoms with van der Waals surface area (Å²) in [7, 11) is 0. The quantitative estimate of drug-likeness (QED) is 0.145. The van der Waals surface area contributed by atoms with Gasteiger partial charge in [0.15, 0.2) is 5.76 Å². The van der Waals surface area contributed by atoms with Crippen LogP contribution in [-0.2, 0) is 51.4 Å². The van der Waals surface area contributed by atoms with Gasteiger partial charge in [0.25, 0.3) is 0 Å². The molecule has 8 aromatic heterocycles. The van der Waals surface area contributed by atoms with Crippen LogP contribution in [0.15, 0.2) is 103 Å². The van der Waals surface area contributed by atoms with Crippen molar-refractivity contribution in [3.63, 3.8) is 0 Å². The molecule has 9 heterocycles. The van der Waals surface area contributed by atoms with Crippen LogP contribution in [0.25, 0.3) is 28.3 Å². The van der Waals surface area contributed by atoms with E-state index in [2.05, 4.69) is 156 Å². The van der Waals surface area contributed by atoms with Crippen LogP contribution in [0.2, 0.25) is 0 Å². The van der Waals surface area contributed by atoms with E-state index in [1.807, 2.05) is 76.7 Å². The smallest absolute Gasteiger partial charge is 0.168 e. The van der Waals surface area contributed by atoms with Crippen molar-refractivity contribution in [2.45, 2.75) is 151 Å².